The van der Waals surface area contributed by atoms with Crippen LogP contribution in [0.15, 0.2) is 35.5 Å². The lowest BCUT2D eigenvalue weighted by molar-refractivity contribution is 0.313. The van der Waals surface area contributed by atoms with Gasteiger partial charge in [-0.25, -0.2) is 19.3 Å². The van der Waals surface area contributed by atoms with E-state index in [-0.39, 0.29) is 23.1 Å². The van der Waals surface area contributed by atoms with E-state index in [1.54, 1.807) is 6.20 Å². The second-order valence-corrected chi connectivity index (χ2v) is 10.2. The third kappa shape index (κ3) is 4.51. The summed E-state index contributed by atoms with van der Waals surface area (Å²) in [5.74, 6) is 0.502. The first-order chi connectivity index (χ1) is 16.8. The summed E-state index contributed by atoms with van der Waals surface area (Å²) in [5, 5.41) is 3.67. The molecule has 0 spiro atoms. The van der Waals surface area contributed by atoms with E-state index in [9.17, 15) is 9.18 Å². The predicted octanol–water partition coefficient (Wildman–Crippen LogP) is 4.51. The van der Waals surface area contributed by atoms with Crippen molar-refractivity contribution >= 4 is 38.9 Å². The predicted molar refractivity (Wildman–Crippen MR) is 139 cm³/mol. The van der Waals surface area contributed by atoms with Crippen molar-refractivity contribution in [2.45, 2.75) is 26.7 Å². The van der Waals surface area contributed by atoms with E-state index in [1.807, 2.05) is 25.3 Å². The number of anilines is 3. The monoisotopic (exact) mass is 493 g/mol. The van der Waals surface area contributed by atoms with Crippen LogP contribution < -0.4 is 15.8 Å². The molecule has 5 rings (SSSR count). The molecule has 0 bridgehead atoms. The molecule has 4 aromatic rings. The highest BCUT2D eigenvalue weighted by molar-refractivity contribution is 7.22. The van der Waals surface area contributed by atoms with Crippen molar-refractivity contribution in [2.24, 2.45) is 0 Å². The first-order valence-electron chi connectivity index (χ1n) is 11.7. The lowest BCUT2D eigenvalue weighted by atomic mass is 10.0. The number of thiophene rings is 1. The zero-order valence-electron chi connectivity index (χ0n) is 20.2. The van der Waals surface area contributed by atoms with Crippen LogP contribution in [-0.4, -0.2) is 58.1 Å². The molecule has 0 saturated carbocycles. The topological polar surface area (TPSA) is 90.0 Å². The van der Waals surface area contributed by atoms with Gasteiger partial charge in [0, 0.05) is 37.1 Å². The molecule has 1 saturated heterocycles. The third-order valence-electron chi connectivity index (χ3n) is 6.43. The summed E-state index contributed by atoms with van der Waals surface area (Å²) in [4.78, 5) is 33.7. The van der Waals surface area contributed by atoms with Crippen LogP contribution in [0, 0.1) is 12.7 Å². The maximum Gasteiger partial charge on any atom is 0.256 e. The van der Waals surface area contributed by atoms with E-state index >= 15 is 0 Å². The summed E-state index contributed by atoms with van der Waals surface area (Å²) in [6.45, 7) is 9.94. The number of hydrogen-bond donors (Lipinski definition) is 2. The smallest absolute Gasteiger partial charge is 0.256 e. The number of aryl methyl sites for hydroxylation is 1. The molecule has 0 unspecified atom stereocenters. The molecule has 35 heavy (non-hydrogen) atoms. The van der Waals surface area contributed by atoms with Gasteiger partial charge in [-0.05, 0) is 43.1 Å². The number of piperazine rings is 1. The van der Waals surface area contributed by atoms with Crippen molar-refractivity contribution in [3.05, 3.63) is 58.0 Å². The Labute approximate surface area is 206 Å². The van der Waals surface area contributed by atoms with E-state index < -0.39 is 5.82 Å². The van der Waals surface area contributed by atoms with Crippen LogP contribution in [0.2, 0.25) is 0 Å². The van der Waals surface area contributed by atoms with Gasteiger partial charge < -0.3 is 20.1 Å². The fraction of sp³-hybridized carbons (Fsp3) is 0.360. The lowest BCUT2D eigenvalue weighted by Crippen LogP contribution is -2.44. The van der Waals surface area contributed by atoms with Crippen molar-refractivity contribution in [3.8, 4) is 10.6 Å². The molecule has 0 amide bonds. The summed E-state index contributed by atoms with van der Waals surface area (Å²) in [6.07, 6.45) is 4.73. The van der Waals surface area contributed by atoms with Gasteiger partial charge in [0.2, 0.25) is 5.95 Å². The minimum absolute atomic E-state index is 0.171. The Morgan fingerprint density at radius 1 is 1.14 bits per heavy atom. The van der Waals surface area contributed by atoms with Crippen LogP contribution in [-0.2, 0) is 0 Å². The van der Waals surface area contributed by atoms with Crippen molar-refractivity contribution in [3.63, 3.8) is 0 Å². The largest absolute Gasteiger partial charge is 0.368 e. The molecule has 182 valence electrons. The number of rotatable bonds is 5. The normalized spacial score (nSPS) is 14.7. The number of aromatic nitrogens is 4. The Morgan fingerprint density at radius 2 is 1.91 bits per heavy atom. The first kappa shape index (κ1) is 23.4. The Hall–Kier alpha value is -3.37. The molecule has 0 radical (unpaired) electrons. The number of halogens is 1. The average Bonchev–Trinajstić information content (AvgIpc) is 3.19. The van der Waals surface area contributed by atoms with Crippen LogP contribution in [0.3, 0.4) is 0 Å². The highest BCUT2D eigenvalue weighted by Crippen LogP contribution is 2.40. The molecule has 0 atom stereocenters. The molecular weight excluding hydrogens is 465 g/mol. The minimum atomic E-state index is -0.536. The second-order valence-electron chi connectivity index (χ2n) is 9.20. The van der Waals surface area contributed by atoms with Gasteiger partial charge in [-0.1, -0.05) is 13.8 Å². The van der Waals surface area contributed by atoms with Crippen LogP contribution in [0.5, 0.6) is 0 Å². The lowest BCUT2D eigenvalue weighted by Gasteiger charge is -2.33. The number of nitrogens with zero attached hydrogens (tertiary/aromatic N) is 5. The number of pyridine rings is 2. The summed E-state index contributed by atoms with van der Waals surface area (Å²) in [5.41, 5.74) is 2.80. The second kappa shape index (κ2) is 9.35. The van der Waals surface area contributed by atoms with Gasteiger partial charge in [0.15, 0.2) is 5.82 Å². The van der Waals surface area contributed by atoms with Gasteiger partial charge in [-0.3, -0.25) is 4.79 Å². The van der Waals surface area contributed by atoms with Crippen LogP contribution in [0.4, 0.5) is 21.8 Å². The number of hydrogen-bond acceptors (Lipinski definition) is 8. The zero-order chi connectivity index (χ0) is 24.7. The summed E-state index contributed by atoms with van der Waals surface area (Å²) in [6, 6.07) is 3.89. The Balaban J connectivity index is 1.44. The third-order valence-corrected chi connectivity index (χ3v) is 7.78. The fourth-order valence-corrected chi connectivity index (χ4v) is 5.80. The van der Waals surface area contributed by atoms with Crippen molar-refractivity contribution in [2.75, 3.05) is 43.4 Å². The summed E-state index contributed by atoms with van der Waals surface area (Å²) < 4.78 is 15.8. The standard InChI is InChI=1S/C25H28FN7OS/c1-14(2)17-12-28-24(34)20-15(3)22(35-23(17)20)21-18(26)13-29-25(31-21)30-19-6-5-16(11-27-19)33-9-7-32(4)8-10-33/h5-6,11-14H,7-10H2,1-4H3,(H,28,34)(H,27,29,30,31). The maximum atomic E-state index is 14.9. The van der Waals surface area contributed by atoms with Gasteiger partial charge in [0.05, 0.1) is 28.3 Å². The average molecular weight is 494 g/mol. The molecule has 0 aromatic carbocycles. The minimum Gasteiger partial charge on any atom is -0.368 e. The Morgan fingerprint density at radius 3 is 2.60 bits per heavy atom. The van der Waals surface area contributed by atoms with Crippen LogP contribution in [0.1, 0.15) is 30.9 Å². The number of nitrogens with one attached hydrogen (secondary N) is 2. The van der Waals surface area contributed by atoms with Gasteiger partial charge in [-0.2, -0.15) is 0 Å². The number of fused-ring (bicyclic) bond motifs is 1. The van der Waals surface area contributed by atoms with Gasteiger partial charge >= 0.3 is 0 Å². The highest BCUT2D eigenvalue weighted by Gasteiger charge is 2.21. The van der Waals surface area contributed by atoms with E-state index in [0.29, 0.717) is 21.6 Å². The van der Waals surface area contributed by atoms with Gasteiger partial charge in [-0.15, -0.1) is 11.3 Å². The highest BCUT2D eigenvalue weighted by atomic mass is 32.1. The zero-order valence-corrected chi connectivity index (χ0v) is 21.0. The van der Waals surface area contributed by atoms with Gasteiger partial charge in [0.1, 0.15) is 11.5 Å². The summed E-state index contributed by atoms with van der Waals surface area (Å²) in [7, 11) is 2.13. The van der Waals surface area contributed by atoms with Crippen molar-refractivity contribution < 1.29 is 4.39 Å². The van der Waals surface area contributed by atoms with Crippen molar-refractivity contribution in [1.82, 2.24) is 24.8 Å². The SMILES string of the molecule is Cc1c(-c2nc(Nc3ccc(N4CCN(C)CC4)cn3)ncc2F)sc2c(C(C)C)c[nH]c(=O)c12. The van der Waals surface area contributed by atoms with E-state index in [0.717, 1.165) is 48.3 Å². The first-order valence-corrected chi connectivity index (χ1v) is 12.5. The Kier molecular flexibility index (Phi) is 6.24. The van der Waals surface area contributed by atoms with Gasteiger partial charge in [0.25, 0.3) is 5.56 Å². The molecule has 5 heterocycles. The quantitative estimate of drug-likeness (QED) is 0.423. The van der Waals surface area contributed by atoms with E-state index in [4.69, 9.17) is 0 Å². The van der Waals surface area contributed by atoms with E-state index in [2.05, 4.69) is 55.9 Å². The maximum absolute atomic E-state index is 14.9. The number of H-pyrrole nitrogens is 1. The molecule has 0 aliphatic carbocycles. The Bertz CT molecular complexity index is 1420. The molecular formula is C25H28FN7OS. The molecule has 8 nitrogen and oxygen atoms in total. The molecule has 1 aliphatic rings. The molecule has 1 fully saturated rings. The number of aromatic amines is 1. The molecule has 10 heteroatoms. The fourth-order valence-electron chi connectivity index (χ4n) is 4.34. The van der Waals surface area contributed by atoms with Crippen LogP contribution >= 0.6 is 11.3 Å². The molecule has 4 aromatic heterocycles. The molecule has 1 aliphatic heterocycles. The van der Waals surface area contributed by atoms with E-state index in [1.165, 1.54) is 11.3 Å². The number of likely N-dealkylation sites (N-methyl/N-ethyl adjacent to an activating group) is 1. The molecule has 2 N–H and O–H groups in total. The van der Waals surface area contributed by atoms with Crippen molar-refractivity contribution in [1.29, 1.82) is 0 Å². The summed E-state index contributed by atoms with van der Waals surface area (Å²) >= 11 is 1.39. The van der Waals surface area contributed by atoms with Crippen LogP contribution in [0.25, 0.3) is 20.7 Å².